The Kier molecular flexibility index (Phi) is 4.42. The Morgan fingerprint density at radius 2 is 1.96 bits per heavy atom. The van der Waals surface area contributed by atoms with Crippen LogP contribution in [0.25, 0.3) is 0 Å². The fraction of sp³-hybridized carbons (Fsp3) is 0.375. The van der Waals surface area contributed by atoms with Gasteiger partial charge in [-0.3, -0.25) is 9.78 Å². The maximum Gasteiger partial charge on any atom is 0.270 e. The van der Waals surface area contributed by atoms with E-state index in [-0.39, 0.29) is 18.5 Å². The highest BCUT2D eigenvalue weighted by Crippen LogP contribution is 2.22. The van der Waals surface area contributed by atoms with Crippen molar-refractivity contribution >= 4 is 15.9 Å². The van der Waals surface area contributed by atoms with Crippen LogP contribution in [0.4, 0.5) is 0 Å². The summed E-state index contributed by atoms with van der Waals surface area (Å²) in [6, 6.07) is 6.97. The third-order valence-electron chi connectivity index (χ3n) is 4.23. The van der Waals surface area contributed by atoms with Crippen molar-refractivity contribution in [3.63, 3.8) is 0 Å². The Hall–Kier alpha value is -2.19. The second kappa shape index (κ2) is 6.37. The van der Waals surface area contributed by atoms with Gasteiger partial charge in [-0.15, -0.1) is 0 Å². The SMILES string of the molecule is Cn1cccc1C(=O)N1CC(N(Cc2ccncc2)S(C)(=O)=O)C1. The number of pyridine rings is 1. The largest absolute Gasteiger partial charge is 0.347 e. The van der Waals surface area contributed by atoms with Gasteiger partial charge < -0.3 is 9.47 Å². The van der Waals surface area contributed by atoms with E-state index >= 15 is 0 Å². The second-order valence-electron chi connectivity index (χ2n) is 6.03. The first-order valence-corrected chi connectivity index (χ1v) is 9.47. The monoisotopic (exact) mass is 348 g/mol. The molecule has 1 aliphatic rings. The molecule has 0 saturated carbocycles. The number of amides is 1. The van der Waals surface area contributed by atoms with Gasteiger partial charge in [-0.25, -0.2) is 8.42 Å². The van der Waals surface area contributed by atoms with E-state index < -0.39 is 10.0 Å². The maximum atomic E-state index is 12.4. The van der Waals surface area contributed by atoms with Crippen LogP contribution >= 0.6 is 0 Å². The van der Waals surface area contributed by atoms with Crippen molar-refractivity contribution in [3.8, 4) is 0 Å². The van der Waals surface area contributed by atoms with Crippen molar-refractivity contribution in [1.82, 2.24) is 18.8 Å². The van der Waals surface area contributed by atoms with Crippen molar-refractivity contribution in [3.05, 3.63) is 54.1 Å². The summed E-state index contributed by atoms with van der Waals surface area (Å²) >= 11 is 0. The number of hydrogen-bond acceptors (Lipinski definition) is 4. The van der Waals surface area contributed by atoms with Crippen LogP contribution in [0.1, 0.15) is 16.1 Å². The topological polar surface area (TPSA) is 75.5 Å². The van der Waals surface area contributed by atoms with Crippen molar-refractivity contribution < 1.29 is 13.2 Å². The van der Waals surface area contributed by atoms with Gasteiger partial charge >= 0.3 is 0 Å². The molecule has 0 spiro atoms. The molecule has 0 bridgehead atoms. The van der Waals surface area contributed by atoms with E-state index in [1.54, 1.807) is 40.1 Å². The van der Waals surface area contributed by atoms with Crippen molar-refractivity contribution in [1.29, 1.82) is 0 Å². The molecule has 0 aromatic carbocycles. The number of likely N-dealkylation sites (tertiary alicyclic amines) is 1. The number of aromatic nitrogens is 2. The minimum absolute atomic E-state index is 0.0730. The van der Waals surface area contributed by atoms with E-state index in [1.165, 1.54) is 10.6 Å². The molecular weight excluding hydrogens is 328 g/mol. The molecule has 0 atom stereocenters. The van der Waals surface area contributed by atoms with Crippen LogP contribution in [0.3, 0.4) is 0 Å². The number of carbonyl (C=O) groups is 1. The average molecular weight is 348 g/mol. The maximum absolute atomic E-state index is 12.4. The molecule has 128 valence electrons. The number of aryl methyl sites for hydroxylation is 1. The summed E-state index contributed by atoms with van der Waals surface area (Å²) in [7, 11) is -1.55. The molecule has 1 fully saturated rings. The molecular formula is C16H20N4O3S. The molecule has 0 aliphatic carbocycles. The molecule has 0 unspecified atom stereocenters. The lowest BCUT2D eigenvalue weighted by Crippen LogP contribution is -2.61. The predicted molar refractivity (Wildman–Crippen MR) is 89.7 cm³/mol. The summed E-state index contributed by atoms with van der Waals surface area (Å²) in [5.74, 6) is -0.0730. The first-order chi connectivity index (χ1) is 11.4. The predicted octanol–water partition coefficient (Wildman–Crippen LogP) is 0.706. The minimum atomic E-state index is -3.36. The number of sulfonamides is 1. The van der Waals surface area contributed by atoms with Gasteiger partial charge in [-0.1, -0.05) is 0 Å². The molecule has 0 radical (unpaired) electrons. The van der Waals surface area contributed by atoms with E-state index in [0.717, 1.165) is 5.56 Å². The molecule has 3 heterocycles. The van der Waals surface area contributed by atoms with E-state index in [4.69, 9.17) is 0 Å². The van der Waals surface area contributed by atoms with Crippen LogP contribution in [-0.4, -0.2) is 58.5 Å². The lowest BCUT2D eigenvalue weighted by molar-refractivity contribution is 0.0434. The van der Waals surface area contributed by atoms with E-state index in [2.05, 4.69) is 4.98 Å². The first kappa shape index (κ1) is 16.7. The quantitative estimate of drug-likeness (QED) is 0.797. The molecule has 1 saturated heterocycles. The fourth-order valence-corrected chi connectivity index (χ4v) is 3.89. The van der Waals surface area contributed by atoms with Gasteiger partial charge in [0.2, 0.25) is 10.0 Å². The van der Waals surface area contributed by atoms with Crippen LogP contribution < -0.4 is 0 Å². The second-order valence-corrected chi connectivity index (χ2v) is 7.97. The van der Waals surface area contributed by atoms with Crippen molar-refractivity contribution in [2.24, 2.45) is 7.05 Å². The summed E-state index contributed by atoms with van der Waals surface area (Å²) in [5.41, 5.74) is 1.48. The van der Waals surface area contributed by atoms with E-state index in [9.17, 15) is 13.2 Å². The van der Waals surface area contributed by atoms with Gasteiger partial charge in [0.1, 0.15) is 5.69 Å². The van der Waals surface area contributed by atoms with Crippen molar-refractivity contribution in [2.45, 2.75) is 12.6 Å². The first-order valence-electron chi connectivity index (χ1n) is 7.62. The summed E-state index contributed by atoms with van der Waals surface area (Å²) in [6.07, 6.45) is 6.30. The lowest BCUT2D eigenvalue weighted by Gasteiger charge is -2.44. The summed E-state index contributed by atoms with van der Waals surface area (Å²) in [6.45, 7) is 1.10. The van der Waals surface area contributed by atoms with E-state index in [1.807, 2.05) is 19.3 Å². The van der Waals surface area contributed by atoms with Crippen molar-refractivity contribution in [2.75, 3.05) is 19.3 Å². The molecule has 1 amide bonds. The lowest BCUT2D eigenvalue weighted by atomic mass is 10.1. The van der Waals surface area contributed by atoms with Crippen LogP contribution in [0.5, 0.6) is 0 Å². The highest BCUT2D eigenvalue weighted by molar-refractivity contribution is 7.88. The third-order valence-corrected chi connectivity index (χ3v) is 5.51. The fourth-order valence-electron chi connectivity index (χ4n) is 2.83. The summed E-state index contributed by atoms with van der Waals surface area (Å²) in [5, 5.41) is 0. The van der Waals surface area contributed by atoms with Gasteiger partial charge in [0.05, 0.1) is 12.3 Å². The third kappa shape index (κ3) is 3.34. The molecule has 8 heteroatoms. The van der Waals surface area contributed by atoms with Gasteiger partial charge in [-0.2, -0.15) is 4.31 Å². The molecule has 2 aromatic heterocycles. The van der Waals surface area contributed by atoms with Gasteiger partial charge in [0, 0.05) is 45.3 Å². The highest BCUT2D eigenvalue weighted by atomic mass is 32.2. The Morgan fingerprint density at radius 3 is 2.50 bits per heavy atom. The summed E-state index contributed by atoms with van der Waals surface area (Å²) < 4.78 is 27.5. The Balaban J connectivity index is 1.69. The minimum Gasteiger partial charge on any atom is -0.347 e. The normalized spacial score (nSPS) is 15.5. The van der Waals surface area contributed by atoms with Crippen LogP contribution in [0.15, 0.2) is 42.9 Å². The van der Waals surface area contributed by atoms with E-state index in [0.29, 0.717) is 18.8 Å². The zero-order chi connectivity index (χ0) is 17.3. The number of rotatable bonds is 5. The van der Waals surface area contributed by atoms with Crippen LogP contribution in [0, 0.1) is 0 Å². The van der Waals surface area contributed by atoms with Gasteiger partial charge in [-0.05, 0) is 29.8 Å². The summed E-state index contributed by atoms with van der Waals surface area (Å²) in [4.78, 5) is 18.0. The Bertz CT molecular complexity index is 826. The highest BCUT2D eigenvalue weighted by Gasteiger charge is 2.39. The zero-order valence-corrected chi connectivity index (χ0v) is 14.5. The smallest absolute Gasteiger partial charge is 0.270 e. The average Bonchev–Trinajstić information content (AvgIpc) is 2.91. The van der Waals surface area contributed by atoms with Crippen LogP contribution in [0.2, 0.25) is 0 Å². The molecule has 24 heavy (non-hydrogen) atoms. The molecule has 2 aromatic rings. The van der Waals surface area contributed by atoms with Crippen LogP contribution in [-0.2, 0) is 23.6 Å². The zero-order valence-electron chi connectivity index (χ0n) is 13.7. The number of carbonyl (C=O) groups excluding carboxylic acids is 1. The van der Waals surface area contributed by atoms with Gasteiger partial charge in [0.15, 0.2) is 0 Å². The number of hydrogen-bond donors (Lipinski definition) is 0. The molecule has 3 rings (SSSR count). The Labute approximate surface area is 141 Å². The van der Waals surface area contributed by atoms with Gasteiger partial charge in [0.25, 0.3) is 5.91 Å². The molecule has 0 N–H and O–H groups in total. The molecule has 7 nitrogen and oxygen atoms in total. The number of nitrogens with zero attached hydrogens (tertiary/aromatic N) is 4. The standard InChI is InChI=1S/C16H20N4O3S/c1-18-9-3-4-15(18)16(21)19-11-14(12-19)20(24(2,22)23)10-13-5-7-17-8-6-13/h3-9,14H,10-12H2,1-2H3. The molecule has 1 aliphatic heterocycles. The Morgan fingerprint density at radius 1 is 1.29 bits per heavy atom.